The molecule has 0 spiro atoms. The molecule has 4 rings (SSSR count). The molecule has 0 atom stereocenters. The van der Waals surface area contributed by atoms with E-state index in [1.807, 2.05) is 42.5 Å². The predicted octanol–water partition coefficient (Wildman–Crippen LogP) is 2.86. The van der Waals surface area contributed by atoms with Crippen molar-refractivity contribution >= 4 is 12.3 Å². The molecule has 0 unspecified atom stereocenters. The summed E-state index contributed by atoms with van der Waals surface area (Å²) in [5.41, 5.74) is 1.10. The zero-order valence-corrected chi connectivity index (χ0v) is 21.0. The topological polar surface area (TPSA) is 89.6 Å². The first-order valence-corrected chi connectivity index (χ1v) is 12.3. The van der Waals surface area contributed by atoms with Crippen LogP contribution in [-0.2, 0) is 22.6 Å². The zero-order valence-electron chi connectivity index (χ0n) is 21.0. The molecule has 2 heterocycles. The van der Waals surface area contributed by atoms with Crippen LogP contribution in [0, 0.1) is 0 Å². The van der Waals surface area contributed by atoms with Crippen molar-refractivity contribution in [2.45, 2.75) is 31.5 Å². The summed E-state index contributed by atoms with van der Waals surface area (Å²) in [6.07, 6.45) is 2.02. The third-order valence-electron chi connectivity index (χ3n) is 6.86. The summed E-state index contributed by atoms with van der Waals surface area (Å²) in [7, 11) is 3.20. The molecule has 1 fully saturated rings. The van der Waals surface area contributed by atoms with E-state index in [1.54, 1.807) is 19.1 Å². The number of nitrogens with zero attached hydrogens (tertiary/aromatic N) is 2. The Hall–Kier alpha value is -3.30. The number of para-hydroxylation sites is 1. The summed E-state index contributed by atoms with van der Waals surface area (Å²) in [5.74, 6) is 2.30. The van der Waals surface area contributed by atoms with Gasteiger partial charge in [-0.3, -0.25) is 4.90 Å². The first-order chi connectivity index (χ1) is 17.6. The fourth-order valence-electron chi connectivity index (χ4n) is 4.81. The quantitative estimate of drug-likeness (QED) is 0.505. The third kappa shape index (κ3) is 5.91. The average molecular weight is 498 g/mol. The van der Waals surface area contributed by atoms with Gasteiger partial charge in [-0.2, -0.15) is 0 Å². The third-order valence-corrected chi connectivity index (χ3v) is 6.86. The van der Waals surface area contributed by atoms with Gasteiger partial charge in [0.15, 0.2) is 11.5 Å². The number of ether oxygens (including phenoxy) is 4. The van der Waals surface area contributed by atoms with Crippen LogP contribution in [0.5, 0.6) is 17.2 Å². The number of likely N-dealkylation sites (tertiary alicyclic amines) is 1. The van der Waals surface area contributed by atoms with Gasteiger partial charge in [-0.25, -0.2) is 4.79 Å². The van der Waals surface area contributed by atoms with Crippen molar-refractivity contribution in [3.05, 3.63) is 53.6 Å². The van der Waals surface area contributed by atoms with Crippen LogP contribution >= 0.6 is 0 Å². The number of nitrogens with one attached hydrogen (secondary N) is 1. The van der Waals surface area contributed by atoms with Crippen molar-refractivity contribution in [2.24, 2.45) is 0 Å². The molecule has 1 saturated heterocycles. The van der Waals surface area contributed by atoms with Crippen molar-refractivity contribution in [2.75, 3.05) is 53.7 Å². The van der Waals surface area contributed by atoms with Crippen molar-refractivity contribution in [3.63, 3.8) is 0 Å². The van der Waals surface area contributed by atoms with E-state index in [2.05, 4.69) is 10.2 Å². The lowest BCUT2D eigenvalue weighted by Gasteiger charge is -2.45. The molecule has 9 heteroatoms. The van der Waals surface area contributed by atoms with Crippen LogP contribution in [0.2, 0.25) is 0 Å². The standard InChI is InChI=1S/C27H35N3O6/c1-33-14-13-30(26(32)28-18-21-5-3-7-23(17-21)34-2)27(20-31)9-11-29(12-10-27)19-22-6-4-8-24-25(22)36-16-15-35-24/h3-8,17,20H,9-16,18-19H2,1-2H3,(H,28,32). The van der Waals surface area contributed by atoms with Gasteiger partial charge in [-0.1, -0.05) is 24.3 Å². The molecule has 0 bridgehead atoms. The molecule has 0 aliphatic carbocycles. The largest absolute Gasteiger partial charge is 0.497 e. The number of piperidine rings is 1. The number of carbonyl (C=O) groups is 2. The number of amides is 2. The highest BCUT2D eigenvalue weighted by Gasteiger charge is 2.42. The second-order valence-electron chi connectivity index (χ2n) is 9.09. The molecule has 36 heavy (non-hydrogen) atoms. The van der Waals surface area contributed by atoms with Crippen molar-refractivity contribution in [1.82, 2.24) is 15.1 Å². The Kier molecular flexibility index (Phi) is 8.66. The SMILES string of the molecule is COCCN(C(=O)NCc1cccc(OC)c1)C1(C=O)CCN(Cc2cccc3c2OCCO3)CC1. The molecular formula is C27H35N3O6. The van der Waals surface area contributed by atoms with Crippen molar-refractivity contribution < 1.29 is 28.5 Å². The Bertz CT molecular complexity index is 1040. The molecule has 0 aromatic heterocycles. The van der Waals surface area contributed by atoms with Gasteiger partial charge in [0.25, 0.3) is 0 Å². The van der Waals surface area contributed by atoms with Gasteiger partial charge in [0.2, 0.25) is 0 Å². The number of fused-ring (bicyclic) bond motifs is 1. The van der Waals surface area contributed by atoms with Crippen LogP contribution in [0.4, 0.5) is 4.79 Å². The van der Waals surface area contributed by atoms with Crippen molar-refractivity contribution in [3.8, 4) is 17.2 Å². The Morgan fingerprint density at radius 3 is 2.67 bits per heavy atom. The van der Waals surface area contributed by atoms with E-state index < -0.39 is 5.54 Å². The van der Waals surface area contributed by atoms with E-state index in [0.717, 1.165) is 34.7 Å². The Morgan fingerprint density at radius 2 is 1.92 bits per heavy atom. The minimum atomic E-state index is -0.886. The van der Waals surface area contributed by atoms with E-state index in [1.165, 1.54) is 0 Å². The number of methoxy groups -OCH3 is 2. The van der Waals surface area contributed by atoms with E-state index >= 15 is 0 Å². The summed E-state index contributed by atoms with van der Waals surface area (Å²) < 4.78 is 22.1. The van der Waals surface area contributed by atoms with Gasteiger partial charge in [-0.15, -0.1) is 0 Å². The molecule has 2 aliphatic rings. The summed E-state index contributed by atoms with van der Waals surface area (Å²) in [4.78, 5) is 29.7. The second-order valence-corrected chi connectivity index (χ2v) is 9.09. The lowest BCUT2D eigenvalue weighted by molar-refractivity contribution is -0.120. The van der Waals surface area contributed by atoms with E-state index in [4.69, 9.17) is 18.9 Å². The average Bonchev–Trinajstić information content (AvgIpc) is 2.93. The molecule has 194 valence electrons. The number of hydrogen-bond donors (Lipinski definition) is 1. The van der Waals surface area contributed by atoms with Gasteiger partial charge >= 0.3 is 6.03 Å². The number of hydrogen-bond acceptors (Lipinski definition) is 7. The molecule has 2 aromatic carbocycles. The first-order valence-electron chi connectivity index (χ1n) is 12.3. The predicted molar refractivity (Wildman–Crippen MR) is 135 cm³/mol. The number of urea groups is 1. The highest BCUT2D eigenvalue weighted by atomic mass is 16.6. The van der Waals surface area contributed by atoms with E-state index in [0.29, 0.717) is 65.4 Å². The summed E-state index contributed by atoms with van der Waals surface area (Å²) in [6.45, 7) is 4.15. The van der Waals surface area contributed by atoms with Gasteiger partial charge in [-0.05, 0) is 36.6 Å². The summed E-state index contributed by atoms with van der Waals surface area (Å²) in [5, 5.41) is 2.97. The fourth-order valence-corrected chi connectivity index (χ4v) is 4.81. The zero-order chi connectivity index (χ0) is 25.4. The maximum atomic E-state index is 13.3. The molecular weight excluding hydrogens is 462 g/mol. The lowest BCUT2D eigenvalue weighted by atomic mass is 9.86. The molecule has 0 radical (unpaired) electrons. The minimum Gasteiger partial charge on any atom is -0.497 e. The van der Waals surface area contributed by atoms with Crippen LogP contribution in [0.3, 0.4) is 0 Å². The molecule has 1 N–H and O–H groups in total. The first kappa shape index (κ1) is 25.8. The molecule has 0 saturated carbocycles. The second kappa shape index (κ2) is 12.1. The highest BCUT2D eigenvalue weighted by Crippen LogP contribution is 2.35. The maximum absolute atomic E-state index is 13.3. The van der Waals surface area contributed by atoms with Crippen LogP contribution in [0.1, 0.15) is 24.0 Å². The normalized spacial score (nSPS) is 16.7. The molecule has 2 amide bonds. The fraction of sp³-hybridized carbons (Fsp3) is 0.481. The van der Waals surface area contributed by atoms with Crippen molar-refractivity contribution in [1.29, 1.82) is 0 Å². The highest BCUT2D eigenvalue weighted by molar-refractivity contribution is 5.80. The summed E-state index contributed by atoms with van der Waals surface area (Å²) >= 11 is 0. The molecule has 2 aliphatic heterocycles. The Labute approximate surface area is 212 Å². The van der Waals surface area contributed by atoms with Crippen LogP contribution in [0.25, 0.3) is 0 Å². The lowest BCUT2D eigenvalue weighted by Crippen LogP contribution is -2.61. The number of benzene rings is 2. The molecule has 2 aromatic rings. The minimum absolute atomic E-state index is 0.280. The van der Waals surface area contributed by atoms with E-state index in [-0.39, 0.29) is 6.03 Å². The van der Waals surface area contributed by atoms with Crippen LogP contribution in [0.15, 0.2) is 42.5 Å². The Balaban J connectivity index is 1.41. The van der Waals surface area contributed by atoms with Gasteiger partial charge in [0, 0.05) is 45.4 Å². The van der Waals surface area contributed by atoms with Gasteiger partial charge in [0.1, 0.15) is 30.8 Å². The van der Waals surface area contributed by atoms with E-state index in [9.17, 15) is 9.59 Å². The monoisotopic (exact) mass is 497 g/mol. The van der Waals surface area contributed by atoms with Crippen LogP contribution < -0.4 is 19.5 Å². The number of carbonyl (C=O) groups excluding carboxylic acids is 2. The Morgan fingerprint density at radius 1 is 1.14 bits per heavy atom. The smallest absolute Gasteiger partial charge is 0.318 e. The maximum Gasteiger partial charge on any atom is 0.318 e. The van der Waals surface area contributed by atoms with Gasteiger partial charge in [0.05, 0.1) is 13.7 Å². The number of rotatable bonds is 10. The molecule has 9 nitrogen and oxygen atoms in total. The summed E-state index contributed by atoms with van der Waals surface area (Å²) in [6, 6.07) is 13.2. The van der Waals surface area contributed by atoms with Gasteiger partial charge < -0.3 is 34.0 Å². The number of aldehydes is 1. The van der Waals surface area contributed by atoms with Crippen LogP contribution in [-0.4, -0.2) is 81.3 Å².